The third kappa shape index (κ3) is 5.13. The maximum atomic E-state index is 12.5. The monoisotopic (exact) mass is 403 g/mol. The molecule has 2 aliphatic rings. The molecule has 2 fully saturated rings. The molecule has 1 atom stereocenters. The predicted molar refractivity (Wildman–Crippen MR) is 113 cm³/mol. The molecule has 1 aliphatic heterocycles. The van der Waals surface area contributed by atoms with E-state index >= 15 is 0 Å². The number of anilines is 3. The van der Waals surface area contributed by atoms with Crippen LogP contribution < -0.4 is 15.5 Å². The van der Waals surface area contributed by atoms with Gasteiger partial charge < -0.3 is 15.5 Å². The number of aromatic nitrogens is 2. The maximum absolute atomic E-state index is 12.5. The summed E-state index contributed by atoms with van der Waals surface area (Å²) in [6.45, 7) is 4.15. The first-order valence-corrected chi connectivity index (χ1v) is 11.3. The van der Waals surface area contributed by atoms with Crippen LogP contribution in [0.5, 0.6) is 0 Å². The second-order valence-corrected chi connectivity index (χ2v) is 9.70. The first kappa shape index (κ1) is 18.6. The average Bonchev–Trinajstić information content (AvgIpc) is 3.40. The van der Waals surface area contributed by atoms with E-state index < -0.39 is 0 Å². The first-order chi connectivity index (χ1) is 13.2. The van der Waals surface area contributed by atoms with Gasteiger partial charge in [0.25, 0.3) is 0 Å². The highest BCUT2D eigenvalue weighted by Gasteiger charge is 2.23. The van der Waals surface area contributed by atoms with Gasteiger partial charge in [0, 0.05) is 30.5 Å². The topological polar surface area (TPSA) is 70.1 Å². The van der Waals surface area contributed by atoms with Gasteiger partial charge in [0.1, 0.15) is 0 Å². The first-order valence-electron chi connectivity index (χ1n) is 9.60. The molecule has 0 radical (unpaired) electrons. The quantitative estimate of drug-likeness (QED) is 0.675. The van der Waals surface area contributed by atoms with E-state index in [1.54, 1.807) is 0 Å². The molecule has 2 N–H and O–H groups in total. The zero-order valence-electron chi connectivity index (χ0n) is 15.5. The minimum atomic E-state index is -0.228. The van der Waals surface area contributed by atoms with E-state index in [9.17, 15) is 4.79 Å². The molecule has 2 aromatic rings. The highest BCUT2D eigenvalue weighted by molar-refractivity contribution is 8.02. The molecular formula is C19H25N5OS2. The molecule has 1 aromatic heterocycles. The summed E-state index contributed by atoms with van der Waals surface area (Å²) in [5.41, 5.74) is 2.07. The molecule has 6 nitrogen and oxygen atoms in total. The molecule has 1 amide bonds. The van der Waals surface area contributed by atoms with Crippen LogP contribution in [0.15, 0.2) is 28.6 Å². The maximum Gasteiger partial charge on any atom is 0.237 e. The number of carbonyl (C=O) groups excluding carboxylic acids is 1. The zero-order valence-corrected chi connectivity index (χ0v) is 17.1. The van der Waals surface area contributed by atoms with E-state index in [1.165, 1.54) is 60.9 Å². The predicted octanol–water partition coefficient (Wildman–Crippen LogP) is 4.22. The Morgan fingerprint density at radius 3 is 2.63 bits per heavy atom. The van der Waals surface area contributed by atoms with Crippen LogP contribution >= 0.6 is 23.1 Å². The Bertz CT molecular complexity index is 769. The lowest BCUT2D eigenvalue weighted by atomic mass is 10.1. The third-order valence-corrected chi connectivity index (χ3v) is 6.85. The Labute approximate surface area is 168 Å². The third-order valence-electron chi connectivity index (χ3n) is 4.81. The van der Waals surface area contributed by atoms with Crippen molar-refractivity contribution >= 4 is 45.5 Å². The van der Waals surface area contributed by atoms with Crippen LogP contribution in [-0.4, -0.2) is 40.5 Å². The van der Waals surface area contributed by atoms with Crippen molar-refractivity contribution < 1.29 is 4.79 Å². The molecule has 0 spiro atoms. The SMILES string of the molecule is C[C@@H](Sc1nnc(NC2CC2)s1)C(=O)Nc1ccc(N2CCCCC2)cc1. The number of hydrogen-bond donors (Lipinski definition) is 2. The van der Waals surface area contributed by atoms with E-state index in [0.29, 0.717) is 6.04 Å². The van der Waals surface area contributed by atoms with Crippen molar-refractivity contribution in [3.63, 3.8) is 0 Å². The highest BCUT2D eigenvalue weighted by atomic mass is 32.2. The van der Waals surface area contributed by atoms with Gasteiger partial charge in [-0.2, -0.15) is 0 Å². The lowest BCUT2D eigenvalue weighted by molar-refractivity contribution is -0.115. The Morgan fingerprint density at radius 2 is 1.93 bits per heavy atom. The number of benzene rings is 1. The highest BCUT2D eigenvalue weighted by Crippen LogP contribution is 2.32. The number of hydrogen-bond acceptors (Lipinski definition) is 7. The van der Waals surface area contributed by atoms with Gasteiger partial charge in [-0.3, -0.25) is 4.79 Å². The molecule has 8 heteroatoms. The summed E-state index contributed by atoms with van der Waals surface area (Å²) >= 11 is 2.96. The zero-order chi connectivity index (χ0) is 18.6. The molecule has 1 aliphatic carbocycles. The van der Waals surface area contributed by atoms with E-state index in [0.717, 1.165) is 28.2 Å². The van der Waals surface area contributed by atoms with Crippen LogP contribution in [0.1, 0.15) is 39.0 Å². The van der Waals surface area contributed by atoms with Crippen LogP contribution in [-0.2, 0) is 4.79 Å². The number of carbonyl (C=O) groups is 1. The molecular weight excluding hydrogens is 378 g/mol. The Balaban J connectivity index is 1.29. The fourth-order valence-corrected chi connectivity index (χ4v) is 5.05. The van der Waals surface area contributed by atoms with Gasteiger partial charge in [0.15, 0.2) is 4.34 Å². The molecule has 2 heterocycles. The molecule has 27 heavy (non-hydrogen) atoms. The summed E-state index contributed by atoms with van der Waals surface area (Å²) in [4.78, 5) is 14.9. The van der Waals surface area contributed by atoms with Gasteiger partial charge in [0.2, 0.25) is 11.0 Å². The van der Waals surface area contributed by atoms with Crippen molar-refractivity contribution in [3.8, 4) is 0 Å². The minimum Gasteiger partial charge on any atom is -0.372 e. The molecule has 1 saturated carbocycles. The average molecular weight is 404 g/mol. The Morgan fingerprint density at radius 1 is 1.19 bits per heavy atom. The second kappa shape index (κ2) is 8.48. The van der Waals surface area contributed by atoms with Crippen LogP contribution in [0.3, 0.4) is 0 Å². The van der Waals surface area contributed by atoms with Crippen molar-refractivity contribution in [2.24, 2.45) is 0 Å². The molecule has 144 valence electrons. The number of nitrogens with zero attached hydrogens (tertiary/aromatic N) is 3. The minimum absolute atomic E-state index is 0.0161. The summed E-state index contributed by atoms with van der Waals surface area (Å²) in [5, 5.41) is 15.3. The van der Waals surface area contributed by atoms with Crippen LogP contribution in [0.4, 0.5) is 16.5 Å². The lowest BCUT2D eigenvalue weighted by Crippen LogP contribution is -2.29. The van der Waals surface area contributed by atoms with Crippen molar-refractivity contribution in [2.75, 3.05) is 28.6 Å². The Kier molecular flexibility index (Phi) is 5.83. The summed E-state index contributed by atoms with van der Waals surface area (Å²) in [7, 11) is 0. The number of nitrogens with one attached hydrogen (secondary N) is 2. The van der Waals surface area contributed by atoms with Gasteiger partial charge in [-0.1, -0.05) is 23.1 Å². The van der Waals surface area contributed by atoms with Crippen molar-refractivity contribution in [1.82, 2.24) is 10.2 Å². The molecule has 1 aromatic carbocycles. The normalized spacial score (nSPS) is 18.2. The number of thioether (sulfide) groups is 1. The van der Waals surface area contributed by atoms with E-state index in [2.05, 4.69) is 37.9 Å². The fourth-order valence-electron chi connectivity index (χ4n) is 3.07. The van der Waals surface area contributed by atoms with E-state index in [4.69, 9.17) is 0 Å². The molecule has 1 saturated heterocycles. The van der Waals surface area contributed by atoms with Gasteiger partial charge in [-0.05, 0) is 63.3 Å². The fraction of sp³-hybridized carbons (Fsp3) is 0.526. The van der Waals surface area contributed by atoms with Gasteiger partial charge in [-0.25, -0.2) is 0 Å². The number of piperidine rings is 1. The van der Waals surface area contributed by atoms with Gasteiger partial charge in [0.05, 0.1) is 5.25 Å². The summed E-state index contributed by atoms with van der Waals surface area (Å²) < 4.78 is 0.821. The smallest absolute Gasteiger partial charge is 0.237 e. The van der Waals surface area contributed by atoms with Crippen molar-refractivity contribution in [3.05, 3.63) is 24.3 Å². The Hall–Kier alpha value is -1.80. The number of rotatable bonds is 7. The van der Waals surface area contributed by atoms with Gasteiger partial charge >= 0.3 is 0 Å². The molecule has 0 unspecified atom stereocenters. The van der Waals surface area contributed by atoms with Crippen LogP contribution in [0.25, 0.3) is 0 Å². The lowest BCUT2D eigenvalue weighted by Gasteiger charge is -2.28. The van der Waals surface area contributed by atoms with Crippen LogP contribution in [0.2, 0.25) is 0 Å². The van der Waals surface area contributed by atoms with E-state index in [1.807, 2.05) is 19.1 Å². The van der Waals surface area contributed by atoms with Crippen molar-refractivity contribution in [2.45, 2.75) is 54.7 Å². The summed E-state index contributed by atoms with van der Waals surface area (Å²) in [6.07, 6.45) is 6.26. The summed E-state index contributed by atoms with van der Waals surface area (Å²) in [6, 6.07) is 8.73. The number of amides is 1. The molecule has 4 rings (SSSR count). The van der Waals surface area contributed by atoms with Gasteiger partial charge in [-0.15, -0.1) is 10.2 Å². The van der Waals surface area contributed by atoms with E-state index in [-0.39, 0.29) is 11.2 Å². The molecule has 0 bridgehead atoms. The summed E-state index contributed by atoms with van der Waals surface area (Å²) in [5.74, 6) is -0.0161. The van der Waals surface area contributed by atoms with Crippen molar-refractivity contribution in [1.29, 1.82) is 0 Å². The standard InChI is InChI=1S/C19H25N5OS2/c1-13(26-19-23-22-18(27-19)21-15-5-6-15)17(25)20-14-7-9-16(10-8-14)24-11-3-2-4-12-24/h7-10,13,15H,2-6,11-12H2,1H3,(H,20,25)(H,21,22)/t13-/m1/s1. The van der Waals surface area contributed by atoms with Crippen LogP contribution in [0, 0.1) is 0 Å². The second-order valence-electron chi connectivity index (χ2n) is 7.14. The largest absolute Gasteiger partial charge is 0.372 e.